The molecule has 0 radical (unpaired) electrons. The molecule has 1 unspecified atom stereocenters. The maximum absolute atomic E-state index is 11.4. The monoisotopic (exact) mass is 150 g/mol. The fraction of sp³-hybridized carbons (Fsp3) is 0.700. The molecule has 0 aromatic carbocycles. The van der Waals surface area contributed by atoms with E-state index in [1.165, 1.54) is 5.57 Å². The Bertz CT molecular complexity index is 248. The van der Waals surface area contributed by atoms with Gasteiger partial charge in [-0.3, -0.25) is 4.79 Å². The van der Waals surface area contributed by atoms with E-state index in [9.17, 15) is 4.79 Å². The quantitative estimate of drug-likeness (QED) is 0.517. The highest BCUT2D eigenvalue weighted by Gasteiger charge is 2.61. The Balaban J connectivity index is 2.28. The molecule has 0 heterocycles. The molecule has 0 bridgehead atoms. The van der Waals surface area contributed by atoms with Crippen LogP contribution in [0.1, 0.15) is 27.2 Å². The van der Waals surface area contributed by atoms with Crippen molar-refractivity contribution in [1.82, 2.24) is 0 Å². The third-order valence-electron chi connectivity index (χ3n) is 3.29. The van der Waals surface area contributed by atoms with E-state index in [0.29, 0.717) is 23.0 Å². The molecule has 2 aliphatic carbocycles. The molecule has 2 aliphatic rings. The first-order valence-corrected chi connectivity index (χ1v) is 4.24. The van der Waals surface area contributed by atoms with Gasteiger partial charge in [-0.2, -0.15) is 0 Å². The van der Waals surface area contributed by atoms with Crippen molar-refractivity contribution >= 4 is 5.78 Å². The van der Waals surface area contributed by atoms with E-state index >= 15 is 0 Å². The van der Waals surface area contributed by atoms with Gasteiger partial charge in [0.1, 0.15) is 0 Å². The third-order valence-corrected chi connectivity index (χ3v) is 3.29. The summed E-state index contributed by atoms with van der Waals surface area (Å²) in [6.45, 7) is 6.46. The van der Waals surface area contributed by atoms with Crippen LogP contribution in [-0.4, -0.2) is 5.78 Å². The van der Waals surface area contributed by atoms with Crippen LogP contribution >= 0.6 is 0 Å². The van der Waals surface area contributed by atoms with Gasteiger partial charge in [0, 0.05) is 5.92 Å². The predicted molar refractivity (Wildman–Crippen MR) is 44.1 cm³/mol. The molecule has 0 aromatic rings. The van der Waals surface area contributed by atoms with Crippen LogP contribution in [0, 0.1) is 17.3 Å². The van der Waals surface area contributed by atoms with Crippen LogP contribution in [0.2, 0.25) is 0 Å². The molecule has 1 fully saturated rings. The normalized spacial score (nSPS) is 39.5. The lowest BCUT2D eigenvalue weighted by Gasteiger charge is -2.04. The van der Waals surface area contributed by atoms with Crippen molar-refractivity contribution in [2.75, 3.05) is 0 Å². The van der Waals surface area contributed by atoms with Gasteiger partial charge in [0.15, 0.2) is 5.78 Å². The Hall–Kier alpha value is -0.590. The summed E-state index contributed by atoms with van der Waals surface area (Å²) < 4.78 is 0. The van der Waals surface area contributed by atoms with E-state index in [1.54, 1.807) is 0 Å². The van der Waals surface area contributed by atoms with Gasteiger partial charge < -0.3 is 0 Å². The molecule has 11 heavy (non-hydrogen) atoms. The van der Waals surface area contributed by atoms with E-state index in [2.05, 4.69) is 20.8 Å². The summed E-state index contributed by atoms with van der Waals surface area (Å²) in [5, 5.41) is 0. The number of hydrogen-bond donors (Lipinski definition) is 0. The maximum Gasteiger partial charge on any atom is 0.159 e. The molecule has 60 valence electrons. The van der Waals surface area contributed by atoms with Gasteiger partial charge in [-0.25, -0.2) is 0 Å². The highest BCUT2D eigenvalue weighted by atomic mass is 16.1. The van der Waals surface area contributed by atoms with E-state index in [4.69, 9.17) is 0 Å². The fourth-order valence-corrected chi connectivity index (χ4v) is 2.43. The summed E-state index contributed by atoms with van der Waals surface area (Å²) in [4.78, 5) is 11.4. The largest absolute Gasteiger partial charge is 0.295 e. The fourth-order valence-electron chi connectivity index (χ4n) is 2.43. The second-order valence-electron chi connectivity index (χ2n) is 4.50. The van der Waals surface area contributed by atoms with Gasteiger partial charge in [0.25, 0.3) is 0 Å². The highest BCUT2D eigenvalue weighted by molar-refractivity contribution is 5.96. The number of fused-ring (bicyclic) bond motifs is 1. The number of carbonyl (C=O) groups excluding carboxylic acids is 1. The van der Waals surface area contributed by atoms with Crippen molar-refractivity contribution in [3.8, 4) is 0 Å². The smallest absolute Gasteiger partial charge is 0.159 e. The maximum atomic E-state index is 11.4. The molecule has 0 N–H and O–H groups in total. The van der Waals surface area contributed by atoms with Gasteiger partial charge >= 0.3 is 0 Å². The molecule has 2 rings (SSSR count). The molecule has 0 aromatic heterocycles. The Labute approximate surface area is 67.5 Å². The molecule has 0 amide bonds. The van der Waals surface area contributed by atoms with E-state index in [0.717, 1.165) is 6.42 Å². The Kier molecular flexibility index (Phi) is 1.14. The standard InChI is InChI=1S/C10H14O/c1-6-4-7-9(8(11)5-6)10(7,2)3/h5,7,9H,4H2,1-3H3/t7-,9?/m0/s1. The van der Waals surface area contributed by atoms with Crippen molar-refractivity contribution in [2.24, 2.45) is 17.3 Å². The molecule has 0 saturated heterocycles. The minimum atomic E-state index is 0.297. The van der Waals surface area contributed by atoms with Crippen LogP contribution in [0.3, 0.4) is 0 Å². The van der Waals surface area contributed by atoms with Gasteiger partial charge in [-0.15, -0.1) is 0 Å². The van der Waals surface area contributed by atoms with Crippen LogP contribution in [0.15, 0.2) is 11.6 Å². The lowest BCUT2D eigenvalue weighted by Crippen LogP contribution is -2.05. The van der Waals surface area contributed by atoms with Crippen LogP contribution in [0.5, 0.6) is 0 Å². The summed E-state index contributed by atoms with van der Waals surface area (Å²) in [7, 11) is 0. The lowest BCUT2D eigenvalue weighted by atomic mass is 10.0. The van der Waals surface area contributed by atoms with E-state index in [-0.39, 0.29) is 0 Å². The minimum Gasteiger partial charge on any atom is -0.295 e. The molecule has 1 saturated carbocycles. The molecular weight excluding hydrogens is 136 g/mol. The molecular formula is C10H14O. The average molecular weight is 150 g/mol. The summed E-state index contributed by atoms with van der Waals surface area (Å²) >= 11 is 0. The van der Waals surface area contributed by atoms with Crippen molar-refractivity contribution in [3.05, 3.63) is 11.6 Å². The zero-order chi connectivity index (χ0) is 8.22. The second kappa shape index (κ2) is 1.77. The van der Waals surface area contributed by atoms with Crippen LogP contribution in [-0.2, 0) is 4.79 Å². The first-order valence-electron chi connectivity index (χ1n) is 4.24. The van der Waals surface area contributed by atoms with Crippen molar-refractivity contribution in [1.29, 1.82) is 0 Å². The topological polar surface area (TPSA) is 17.1 Å². The van der Waals surface area contributed by atoms with Crippen molar-refractivity contribution in [3.63, 3.8) is 0 Å². The first-order chi connectivity index (χ1) is 5.03. The molecule has 2 atom stereocenters. The summed E-state index contributed by atoms with van der Waals surface area (Å²) in [5.74, 6) is 1.37. The lowest BCUT2D eigenvalue weighted by molar-refractivity contribution is -0.116. The molecule has 1 nitrogen and oxygen atoms in total. The van der Waals surface area contributed by atoms with Gasteiger partial charge in [-0.05, 0) is 30.8 Å². The summed E-state index contributed by atoms with van der Waals surface area (Å²) in [6, 6.07) is 0. The summed E-state index contributed by atoms with van der Waals surface area (Å²) in [6.07, 6.45) is 2.97. The number of ketones is 1. The summed E-state index contributed by atoms with van der Waals surface area (Å²) in [5.41, 5.74) is 1.56. The van der Waals surface area contributed by atoms with Crippen LogP contribution < -0.4 is 0 Å². The van der Waals surface area contributed by atoms with Gasteiger partial charge in [0.05, 0.1) is 0 Å². The van der Waals surface area contributed by atoms with Gasteiger partial charge in [0.2, 0.25) is 0 Å². The van der Waals surface area contributed by atoms with E-state index in [1.807, 2.05) is 6.08 Å². The zero-order valence-corrected chi connectivity index (χ0v) is 7.35. The Morgan fingerprint density at radius 1 is 1.55 bits per heavy atom. The van der Waals surface area contributed by atoms with Crippen molar-refractivity contribution in [2.45, 2.75) is 27.2 Å². The second-order valence-corrected chi connectivity index (χ2v) is 4.50. The molecule has 0 aliphatic heterocycles. The third kappa shape index (κ3) is 0.800. The van der Waals surface area contributed by atoms with Crippen molar-refractivity contribution < 1.29 is 4.79 Å². The highest BCUT2D eigenvalue weighted by Crippen LogP contribution is 2.62. The van der Waals surface area contributed by atoms with Crippen LogP contribution in [0.4, 0.5) is 0 Å². The number of carbonyl (C=O) groups is 1. The minimum absolute atomic E-state index is 0.297. The first kappa shape index (κ1) is 7.08. The Morgan fingerprint density at radius 3 is 2.73 bits per heavy atom. The van der Waals surface area contributed by atoms with Crippen LogP contribution in [0.25, 0.3) is 0 Å². The SMILES string of the molecule is CC1=CC(=O)C2[C@H](C1)C2(C)C. The average Bonchev–Trinajstić information content (AvgIpc) is 2.34. The number of hydrogen-bond acceptors (Lipinski definition) is 1. The predicted octanol–water partition coefficient (Wildman–Crippen LogP) is 2.18. The molecule has 0 spiro atoms. The zero-order valence-electron chi connectivity index (χ0n) is 7.35. The van der Waals surface area contributed by atoms with E-state index < -0.39 is 0 Å². The number of allylic oxidation sites excluding steroid dienone is 2. The number of rotatable bonds is 0. The van der Waals surface area contributed by atoms with Gasteiger partial charge in [-0.1, -0.05) is 19.4 Å². The Morgan fingerprint density at radius 2 is 2.18 bits per heavy atom. The molecule has 1 heteroatoms.